The summed E-state index contributed by atoms with van der Waals surface area (Å²) in [7, 11) is 3.86. The average molecular weight is 735 g/mol. The van der Waals surface area contributed by atoms with Crippen molar-refractivity contribution in [1.82, 2.24) is 20.9 Å². The van der Waals surface area contributed by atoms with E-state index in [0.717, 1.165) is 83.6 Å². The number of unbranched alkanes of at least 4 members (excludes halogenated alkanes) is 4. The third kappa shape index (κ3) is 29.4. The van der Waals surface area contributed by atoms with E-state index in [0.29, 0.717) is 25.8 Å². The lowest BCUT2D eigenvalue weighted by molar-refractivity contribution is -0.143. The fraction of sp³-hybridized carbons (Fsp3) is 0.780. The maximum atomic E-state index is 13.1. The van der Waals surface area contributed by atoms with Crippen molar-refractivity contribution >= 4 is 29.7 Å². The largest absolute Gasteiger partial charge is 0.461 e. The van der Waals surface area contributed by atoms with Crippen LogP contribution in [0.25, 0.3) is 0 Å². The third-order valence-corrected chi connectivity index (χ3v) is 8.70. The first-order valence-corrected chi connectivity index (χ1v) is 20.2. The average Bonchev–Trinajstić information content (AvgIpc) is 3.11. The number of nitrogens with zero attached hydrogens (tertiary/aromatic N) is 1. The molecule has 0 fully saturated rings. The van der Waals surface area contributed by atoms with E-state index >= 15 is 0 Å². The second-order valence-corrected chi connectivity index (χ2v) is 13.9. The summed E-state index contributed by atoms with van der Waals surface area (Å²) >= 11 is 0. The highest BCUT2D eigenvalue weighted by atomic mass is 16.5. The van der Waals surface area contributed by atoms with Gasteiger partial charge in [0.1, 0.15) is 19.3 Å². The molecule has 0 saturated heterocycles. The van der Waals surface area contributed by atoms with Crippen LogP contribution in [0.3, 0.4) is 0 Å². The van der Waals surface area contributed by atoms with Gasteiger partial charge in [-0.3, -0.25) is 24.0 Å². The van der Waals surface area contributed by atoms with Crippen molar-refractivity contribution in [3.63, 3.8) is 0 Å². The number of carbonyl (C=O) groups is 5. The van der Waals surface area contributed by atoms with Gasteiger partial charge >= 0.3 is 11.9 Å². The summed E-state index contributed by atoms with van der Waals surface area (Å²) < 4.78 is 10.8. The molecule has 1 atom stereocenters. The van der Waals surface area contributed by atoms with E-state index in [-0.39, 0.29) is 75.6 Å². The molecule has 52 heavy (non-hydrogen) atoms. The number of esters is 2. The molecule has 0 aromatic carbocycles. The van der Waals surface area contributed by atoms with E-state index in [1.54, 1.807) is 0 Å². The van der Waals surface area contributed by atoms with Crippen LogP contribution >= 0.6 is 0 Å². The van der Waals surface area contributed by atoms with Crippen LogP contribution in [-0.2, 0) is 33.4 Å². The molecule has 0 aliphatic heterocycles. The van der Waals surface area contributed by atoms with Gasteiger partial charge in [0.2, 0.25) is 17.7 Å². The Morgan fingerprint density at radius 1 is 0.558 bits per heavy atom. The molecule has 0 heterocycles. The van der Waals surface area contributed by atoms with Crippen LogP contribution in [0.2, 0.25) is 0 Å². The Labute approximate surface area is 315 Å². The Morgan fingerprint density at radius 2 is 1.02 bits per heavy atom. The molecule has 11 heteroatoms. The number of allylic oxidation sites excluding steroid dienone is 2. The highest BCUT2D eigenvalue weighted by Gasteiger charge is 2.22. The van der Waals surface area contributed by atoms with E-state index in [9.17, 15) is 24.0 Å². The zero-order valence-corrected chi connectivity index (χ0v) is 33.7. The fourth-order valence-electron chi connectivity index (χ4n) is 5.41. The van der Waals surface area contributed by atoms with Crippen molar-refractivity contribution in [2.24, 2.45) is 0 Å². The lowest BCUT2D eigenvalue weighted by Crippen LogP contribution is -2.47. The van der Waals surface area contributed by atoms with E-state index in [2.05, 4.69) is 43.6 Å². The number of ether oxygens (including phenoxy) is 2. The first kappa shape index (κ1) is 48.8. The standard InChI is InChI=1S/C41H74N4O7/c1-7-11-18-34(19-12-8-2)27-32-51-39(48)23-15-29-42-37(46)26-25-36(44-38(47)22-17-31-45(5)6)41(50)43-30-16-24-40(49)52-33-28-35(20-13-9-3)21-14-10-4/h27-28,36H,7-26,29-33H2,1-6H3,(H,42,46)(H,43,50)(H,44,47). The van der Waals surface area contributed by atoms with Crippen molar-refractivity contribution < 1.29 is 33.4 Å². The lowest BCUT2D eigenvalue weighted by Gasteiger charge is -2.19. The zero-order valence-electron chi connectivity index (χ0n) is 33.7. The van der Waals surface area contributed by atoms with E-state index in [1.807, 2.05) is 31.1 Å². The van der Waals surface area contributed by atoms with Crippen molar-refractivity contribution in [2.75, 3.05) is 46.9 Å². The topological polar surface area (TPSA) is 143 Å². The Hall–Kier alpha value is -3.21. The van der Waals surface area contributed by atoms with E-state index < -0.39 is 11.9 Å². The molecule has 1 unspecified atom stereocenters. The van der Waals surface area contributed by atoms with Crippen molar-refractivity contribution in [1.29, 1.82) is 0 Å². The Bertz CT molecular complexity index is 1040. The zero-order chi connectivity index (χ0) is 38.8. The summed E-state index contributed by atoms with van der Waals surface area (Å²) in [6.07, 6.45) is 19.5. The molecule has 3 amide bonds. The second-order valence-electron chi connectivity index (χ2n) is 13.9. The highest BCUT2D eigenvalue weighted by Crippen LogP contribution is 2.16. The van der Waals surface area contributed by atoms with Crippen LogP contribution in [0.1, 0.15) is 156 Å². The lowest BCUT2D eigenvalue weighted by atomic mass is 10.0. The third-order valence-electron chi connectivity index (χ3n) is 8.70. The van der Waals surface area contributed by atoms with Gasteiger partial charge in [-0.25, -0.2) is 0 Å². The summed E-state index contributed by atoms with van der Waals surface area (Å²) in [6.45, 7) is 10.5. The SMILES string of the molecule is CCCCC(=CCOC(=O)CCCNC(=O)CCC(NC(=O)CCCN(C)C)C(=O)NCCCC(=O)OCC=C(CCCC)CCCC)CCCC. The number of hydrogen-bond donors (Lipinski definition) is 3. The maximum absolute atomic E-state index is 13.1. The predicted octanol–water partition coefficient (Wildman–Crippen LogP) is 7.09. The van der Waals surface area contributed by atoms with Gasteiger partial charge in [0.05, 0.1) is 0 Å². The van der Waals surface area contributed by atoms with Gasteiger partial charge in [0, 0.05) is 38.8 Å². The first-order chi connectivity index (χ1) is 25.1. The van der Waals surface area contributed by atoms with Crippen molar-refractivity contribution in [2.45, 2.75) is 162 Å². The molecule has 0 radical (unpaired) electrons. The monoisotopic (exact) mass is 735 g/mol. The van der Waals surface area contributed by atoms with Crippen LogP contribution in [0.5, 0.6) is 0 Å². The number of rotatable bonds is 33. The molecule has 0 aromatic heterocycles. The van der Waals surface area contributed by atoms with Gasteiger partial charge in [0.15, 0.2) is 0 Å². The van der Waals surface area contributed by atoms with Crippen LogP contribution in [0.4, 0.5) is 0 Å². The van der Waals surface area contributed by atoms with Crippen molar-refractivity contribution in [3.8, 4) is 0 Å². The summed E-state index contributed by atoms with van der Waals surface area (Å²) in [5.74, 6) is -1.54. The molecule has 3 N–H and O–H groups in total. The Morgan fingerprint density at radius 3 is 1.46 bits per heavy atom. The molecule has 0 bridgehead atoms. The number of amides is 3. The van der Waals surface area contributed by atoms with Gasteiger partial charge in [-0.2, -0.15) is 0 Å². The first-order valence-electron chi connectivity index (χ1n) is 20.2. The van der Waals surface area contributed by atoms with Gasteiger partial charge < -0.3 is 30.3 Å². The smallest absolute Gasteiger partial charge is 0.306 e. The summed E-state index contributed by atoms with van der Waals surface area (Å²) in [5, 5.41) is 8.38. The molecule has 0 aliphatic rings. The van der Waals surface area contributed by atoms with E-state index in [1.165, 1.54) is 11.1 Å². The van der Waals surface area contributed by atoms with Crippen LogP contribution in [0.15, 0.2) is 23.3 Å². The fourth-order valence-corrected chi connectivity index (χ4v) is 5.41. The summed E-state index contributed by atoms with van der Waals surface area (Å²) in [6, 6.07) is -0.887. The molecule has 0 rings (SSSR count). The normalized spacial score (nSPS) is 11.4. The van der Waals surface area contributed by atoms with Gasteiger partial charge in [0.25, 0.3) is 0 Å². The van der Waals surface area contributed by atoms with Crippen LogP contribution in [0, 0.1) is 0 Å². The van der Waals surface area contributed by atoms with Gasteiger partial charge in [-0.05, 0) is 110 Å². The summed E-state index contributed by atoms with van der Waals surface area (Å²) in [5.41, 5.74) is 2.68. The minimum atomic E-state index is -0.887. The Kier molecular flexibility index (Phi) is 31.5. The Balaban J connectivity index is 4.76. The molecule has 11 nitrogen and oxygen atoms in total. The molecule has 0 aliphatic carbocycles. The molecule has 0 aromatic rings. The second kappa shape index (κ2) is 33.6. The molecular formula is C41H74N4O7. The highest BCUT2D eigenvalue weighted by molar-refractivity contribution is 5.88. The van der Waals surface area contributed by atoms with Crippen molar-refractivity contribution in [3.05, 3.63) is 23.3 Å². The summed E-state index contributed by atoms with van der Waals surface area (Å²) in [4.78, 5) is 64.7. The molecule has 0 spiro atoms. The predicted molar refractivity (Wildman–Crippen MR) is 210 cm³/mol. The number of nitrogens with one attached hydrogen (secondary N) is 3. The van der Waals surface area contributed by atoms with Gasteiger partial charge in [-0.1, -0.05) is 64.5 Å². The number of carbonyl (C=O) groups excluding carboxylic acids is 5. The quantitative estimate of drug-likeness (QED) is 0.0369. The molecule has 0 saturated carbocycles. The minimum absolute atomic E-state index is 0.0297. The number of hydrogen-bond acceptors (Lipinski definition) is 8. The molecule has 300 valence electrons. The van der Waals surface area contributed by atoms with Crippen LogP contribution < -0.4 is 16.0 Å². The van der Waals surface area contributed by atoms with Crippen LogP contribution in [-0.4, -0.2) is 87.5 Å². The minimum Gasteiger partial charge on any atom is -0.461 e. The van der Waals surface area contributed by atoms with Gasteiger partial charge in [-0.15, -0.1) is 0 Å². The molecular weight excluding hydrogens is 660 g/mol. The maximum Gasteiger partial charge on any atom is 0.306 e. The van der Waals surface area contributed by atoms with E-state index in [4.69, 9.17) is 9.47 Å².